The fraction of sp³-hybridized carbons (Fsp3) is 0.500. The number of aliphatic hydroxyl groups is 1. The lowest BCUT2D eigenvalue weighted by molar-refractivity contribution is -0.0630. The maximum atomic E-state index is 12.9. The Hall–Kier alpha value is -1.79. The van der Waals surface area contributed by atoms with Gasteiger partial charge in [-0.05, 0) is 37.0 Å². The number of nitrogens with zero attached hydrogens (tertiary/aromatic N) is 3. The Morgan fingerprint density at radius 1 is 1.23 bits per heavy atom. The first-order valence-electron chi connectivity index (χ1n) is 7.57. The lowest BCUT2D eigenvalue weighted by Crippen LogP contribution is -2.38. The van der Waals surface area contributed by atoms with E-state index in [0.29, 0.717) is 39.0 Å². The summed E-state index contributed by atoms with van der Waals surface area (Å²) in [5, 5.41) is 18.7. The molecule has 1 fully saturated rings. The number of aromatic nitrogens is 3. The summed E-state index contributed by atoms with van der Waals surface area (Å²) in [5.74, 6) is -0.225. The van der Waals surface area contributed by atoms with E-state index in [9.17, 15) is 9.50 Å². The molecule has 118 valence electrons. The summed E-state index contributed by atoms with van der Waals surface area (Å²) in [5.41, 5.74) is 1.13. The monoisotopic (exact) mass is 305 g/mol. The zero-order valence-corrected chi connectivity index (χ0v) is 12.4. The Morgan fingerprint density at radius 3 is 2.68 bits per heavy atom. The highest BCUT2D eigenvalue weighted by Gasteiger charge is 2.30. The summed E-state index contributed by atoms with van der Waals surface area (Å²) in [4.78, 5) is 0. The third-order valence-corrected chi connectivity index (χ3v) is 4.06. The van der Waals surface area contributed by atoms with Gasteiger partial charge in [-0.3, -0.25) is 4.68 Å². The van der Waals surface area contributed by atoms with Gasteiger partial charge in [-0.15, -0.1) is 5.10 Å². The molecule has 1 saturated heterocycles. The predicted molar refractivity (Wildman–Crippen MR) is 78.8 cm³/mol. The molecule has 1 aliphatic heterocycles. The second kappa shape index (κ2) is 6.54. The average molecular weight is 305 g/mol. The molecule has 0 unspecified atom stereocenters. The number of halogens is 1. The largest absolute Gasteiger partial charge is 0.389 e. The lowest BCUT2D eigenvalue weighted by atomic mass is 9.90. The Kier molecular flexibility index (Phi) is 4.49. The van der Waals surface area contributed by atoms with Crippen molar-refractivity contribution in [2.45, 2.75) is 37.8 Å². The van der Waals surface area contributed by atoms with Crippen LogP contribution >= 0.6 is 0 Å². The number of ether oxygens (including phenoxy) is 1. The van der Waals surface area contributed by atoms with Gasteiger partial charge in [0.25, 0.3) is 0 Å². The standard InChI is InChI=1S/C16H20FN3O2/c17-14-3-1-13(2-4-14)5-8-20-12-15(18-19-20)11-16(21)6-9-22-10-7-16/h1-4,12,21H,5-11H2. The number of rotatable bonds is 5. The van der Waals surface area contributed by atoms with Gasteiger partial charge >= 0.3 is 0 Å². The van der Waals surface area contributed by atoms with Crippen LogP contribution in [0.15, 0.2) is 30.5 Å². The van der Waals surface area contributed by atoms with Crippen LogP contribution in [0.5, 0.6) is 0 Å². The molecule has 0 radical (unpaired) electrons. The maximum Gasteiger partial charge on any atom is 0.123 e. The second-order valence-corrected chi connectivity index (χ2v) is 5.86. The fourth-order valence-electron chi connectivity index (χ4n) is 2.69. The number of hydrogen-bond acceptors (Lipinski definition) is 4. The molecule has 1 N–H and O–H groups in total. The molecule has 2 heterocycles. The van der Waals surface area contributed by atoms with Crippen LogP contribution in [-0.2, 0) is 24.1 Å². The van der Waals surface area contributed by atoms with Gasteiger partial charge in [0.05, 0.1) is 11.3 Å². The quantitative estimate of drug-likeness (QED) is 0.914. The minimum absolute atomic E-state index is 0.225. The summed E-state index contributed by atoms with van der Waals surface area (Å²) in [6.45, 7) is 1.87. The van der Waals surface area contributed by atoms with Crippen molar-refractivity contribution in [2.24, 2.45) is 0 Å². The van der Waals surface area contributed by atoms with Gasteiger partial charge < -0.3 is 9.84 Å². The predicted octanol–water partition coefficient (Wildman–Crippen LogP) is 1.74. The third-order valence-electron chi connectivity index (χ3n) is 4.06. The molecule has 0 atom stereocenters. The fourth-order valence-corrected chi connectivity index (χ4v) is 2.69. The van der Waals surface area contributed by atoms with E-state index in [1.807, 2.05) is 6.20 Å². The topological polar surface area (TPSA) is 60.2 Å². The van der Waals surface area contributed by atoms with Crippen molar-refractivity contribution in [3.8, 4) is 0 Å². The van der Waals surface area contributed by atoms with Crippen molar-refractivity contribution >= 4 is 0 Å². The minimum Gasteiger partial charge on any atom is -0.389 e. The van der Waals surface area contributed by atoms with Crippen LogP contribution in [0, 0.1) is 5.82 Å². The van der Waals surface area contributed by atoms with Crippen molar-refractivity contribution in [3.05, 3.63) is 47.5 Å². The lowest BCUT2D eigenvalue weighted by Gasteiger charge is -2.31. The van der Waals surface area contributed by atoms with Crippen LogP contribution in [0.25, 0.3) is 0 Å². The van der Waals surface area contributed by atoms with Crippen molar-refractivity contribution in [2.75, 3.05) is 13.2 Å². The summed E-state index contributed by atoms with van der Waals surface area (Å²) in [6, 6.07) is 6.47. The first kappa shape index (κ1) is 15.1. The molecule has 0 spiro atoms. The van der Waals surface area contributed by atoms with Crippen LogP contribution in [0.4, 0.5) is 4.39 Å². The Morgan fingerprint density at radius 2 is 1.95 bits per heavy atom. The zero-order chi connectivity index (χ0) is 15.4. The average Bonchev–Trinajstić information content (AvgIpc) is 2.94. The summed E-state index contributed by atoms with van der Waals surface area (Å²) in [6.07, 6.45) is 4.41. The van der Waals surface area contributed by atoms with Crippen LogP contribution in [-0.4, -0.2) is 38.9 Å². The van der Waals surface area contributed by atoms with Crippen molar-refractivity contribution < 1.29 is 14.2 Å². The van der Waals surface area contributed by atoms with Crippen LogP contribution in [0.1, 0.15) is 24.1 Å². The van der Waals surface area contributed by atoms with Gasteiger partial charge in [0, 0.05) is 32.4 Å². The van der Waals surface area contributed by atoms with Gasteiger partial charge in [-0.25, -0.2) is 4.39 Å². The van der Waals surface area contributed by atoms with Gasteiger partial charge in [0.15, 0.2) is 0 Å². The van der Waals surface area contributed by atoms with E-state index in [1.54, 1.807) is 16.8 Å². The van der Waals surface area contributed by atoms with Crippen molar-refractivity contribution in [1.82, 2.24) is 15.0 Å². The SMILES string of the molecule is OC1(Cc2cn(CCc3ccc(F)cc3)nn2)CCOCC1. The molecule has 5 nitrogen and oxygen atoms in total. The van der Waals surface area contributed by atoms with Crippen LogP contribution in [0.2, 0.25) is 0 Å². The molecule has 0 amide bonds. The molecular formula is C16H20FN3O2. The van der Waals surface area contributed by atoms with E-state index in [0.717, 1.165) is 17.7 Å². The number of hydrogen-bond donors (Lipinski definition) is 1. The molecule has 1 aromatic carbocycles. The molecule has 22 heavy (non-hydrogen) atoms. The van der Waals surface area contributed by atoms with E-state index in [-0.39, 0.29) is 5.82 Å². The molecule has 1 aliphatic rings. The Balaban J connectivity index is 1.55. The van der Waals surface area contributed by atoms with E-state index >= 15 is 0 Å². The van der Waals surface area contributed by atoms with E-state index in [1.165, 1.54) is 12.1 Å². The Bertz CT molecular complexity index is 606. The molecule has 1 aromatic heterocycles. The number of aryl methyl sites for hydroxylation is 2. The first-order chi connectivity index (χ1) is 10.6. The zero-order valence-electron chi connectivity index (χ0n) is 12.4. The van der Waals surface area contributed by atoms with Gasteiger partial charge in [0.2, 0.25) is 0 Å². The highest BCUT2D eigenvalue weighted by atomic mass is 19.1. The van der Waals surface area contributed by atoms with Gasteiger partial charge in [-0.2, -0.15) is 0 Å². The minimum atomic E-state index is -0.726. The highest BCUT2D eigenvalue weighted by Crippen LogP contribution is 2.24. The molecule has 3 rings (SSSR count). The van der Waals surface area contributed by atoms with E-state index in [4.69, 9.17) is 4.74 Å². The van der Waals surface area contributed by atoms with Crippen LogP contribution in [0.3, 0.4) is 0 Å². The Labute approximate surface area is 128 Å². The van der Waals surface area contributed by atoms with E-state index < -0.39 is 5.60 Å². The molecule has 0 bridgehead atoms. The molecule has 6 heteroatoms. The molecule has 2 aromatic rings. The third kappa shape index (κ3) is 3.90. The van der Waals surface area contributed by atoms with Crippen molar-refractivity contribution in [3.63, 3.8) is 0 Å². The molecular weight excluding hydrogens is 285 g/mol. The smallest absolute Gasteiger partial charge is 0.123 e. The molecule has 0 aliphatic carbocycles. The highest BCUT2D eigenvalue weighted by molar-refractivity contribution is 5.16. The second-order valence-electron chi connectivity index (χ2n) is 5.86. The summed E-state index contributed by atoms with van der Waals surface area (Å²) in [7, 11) is 0. The van der Waals surface area contributed by atoms with Gasteiger partial charge in [0.1, 0.15) is 5.82 Å². The normalized spacial score (nSPS) is 17.5. The van der Waals surface area contributed by atoms with Gasteiger partial charge in [-0.1, -0.05) is 17.3 Å². The maximum absolute atomic E-state index is 12.9. The van der Waals surface area contributed by atoms with E-state index in [2.05, 4.69) is 10.3 Å². The summed E-state index contributed by atoms with van der Waals surface area (Å²) >= 11 is 0. The van der Waals surface area contributed by atoms with Crippen molar-refractivity contribution in [1.29, 1.82) is 0 Å². The van der Waals surface area contributed by atoms with Crippen LogP contribution < -0.4 is 0 Å². The molecule has 0 saturated carbocycles. The number of benzene rings is 1. The summed E-state index contributed by atoms with van der Waals surface area (Å²) < 4.78 is 19.9. The first-order valence-corrected chi connectivity index (χ1v) is 7.57.